The van der Waals surface area contributed by atoms with Gasteiger partial charge in [-0.15, -0.1) is 10.2 Å². The number of nitrogens with one attached hydrogen (secondary N) is 2. The first-order valence-electron chi connectivity index (χ1n) is 8.96. The molecule has 0 aromatic carbocycles. The maximum atomic E-state index is 12.4. The number of unbranched alkanes of at least 4 members (excludes halogenated alkanes) is 1. The molecule has 0 unspecified atom stereocenters. The number of tetrazole rings is 1. The molecule has 0 radical (unpaired) electrons. The van der Waals surface area contributed by atoms with Crippen LogP contribution in [0.15, 0.2) is 6.20 Å². The minimum atomic E-state index is -0.0210. The molecular weight excluding hydrogens is 320 g/mol. The lowest BCUT2D eigenvalue weighted by molar-refractivity contribution is 0.180. The smallest absolute Gasteiger partial charge is 0.317 e. The first-order chi connectivity index (χ1) is 12.2. The number of H-pyrrole nitrogens is 1. The van der Waals surface area contributed by atoms with Crippen LogP contribution in [-0.4, -0.2) is 54.4 Å². The summed E-state index contributed by atoms with van der Waals surface area (Å²) < 4.78 is 1.97. The molecule has 0 atom stereocenters. The van der Waals surface area contributed by atoms with E-state index in [1.54, 1.807) is 0 Å². The summed E-state index contributed by atoms with van der Waals surface area (Å²) in [6.07, 6.45) is 6.02. The Balaban J connectivity index is 1.46. The predicted octanol–water partition coefficient (Wildman–Crippen LogP) is 1.59. The quantitative estimate of drug-likeness (QED) is 0.826. The van der Waals surface area contributed by atoms with Crippen molar-refractivity contribution in [2.24, 2.45) is 0 Å². The molecule has 3 heterocycles. The van der Waals surface area contributed by atoms with Gasteiger partial charge in [0, 0.05) is 43.9 Å². The maximum Gasteiger partial charge on any atom is 0.317 e. The van der Waals surface area contributed by atoms with Crippen molar-refractivity contribution in [1.82, 2.24) is 40.6 Å². The highest BCUT2D eigenvalue weighted by Gasteiger charge is 2.26. The summed E-state index contributed by atoms with van der Waals surface area (Å²) in [6, 6.07) is -0.0210. The van der Waals surface area contributed by atoms with Gasteiger partial charge < -0.3 is 10.2 Å². The first-order valence-corrected chi connectivity index (χ1v) is 8.96. The minimum Gasteiger partial charge on any atom is -0.334 e. The molecule has 2 amide bonds. The highest BCUT2D eigenvalue weighted by molar-refractivity contribution is 5.74. The van der Waals surface area contributed by atoms with Crippen LogP contribution < -0.4 is 5.32 Å². The molecule has 2 N–H and O–H groups in total. The highest BCUT2D eigenvalue weighted by atomic mass is 16.2. The number of piperidine rings is 1. The molecule has 0 aliphatic carbocycles. The molecule has 0 saturated carbocycles. The SMILES string of the molecule is CCCCn1cc(CNC(=O)N2CCC(c3nn[nH]n3)CC2)c(C)n1. The minimum absolute atomic E-state index is 0.0210. The van der Waals surface area contributed by atoms with Crippen LogP contribution in [0, 0.1) is 6.92 Å². The summed E-state index contributed by atoms with van der Waals surface area (Å²) in [5, 5.41) is 21.7. The Hall–Kier alpha value is -2.45. The number of rotatable bonds is 6. The van der Waals surface area contributed by atoms with E-state index in [-0.39, 0.29) is 11.9 Å². The monoisotopic (exact) mass is 346 g/mol. The maximum absolute atomic E-state index is 12.4. The van der Waals surface area contributed by atoms with Gasteiger partial charge in [-0.25, -0.2) is 4.79 Å². The Kier molecular flexibility index (Phi) is 5.62. The summed E-state index contributed by atoms with van der Waals surface area (Å²) in [6.45, 7) is 7.01. The summed E-state index contributed by atoms with van der Waals surface area (Å²) in [7, 11) is 0. The lowest BCUT2D eigenvalue weighted by Gasteiger charge is -2.30. The number of aromatic nitrogens is 6. The number of urea groups is 1. The third kappa shape index (κ3) is 4.34. The largest absolute Gasteiger partial charge is 0.334 e. The third-order valence-corrected chi connectivity index (χ3v) is 4.73. The van der Waals surface area contributed by atoms with Gasteiger partial charge in [-0.1, -0.05) is 18.6 Å². The normalized spacial score (nSPS) is 15.5. The molecule has 3 rings (SSSR count). The number of aryl methyl sites for hydroxylation is 2. The first kappa shape index (κ1) is 17.4. The number of carbonyl (C=O) groups excluding carboxylic acids is 1. The van der Waals surface area contributed by atoms with Crippen LogP contribution in [0.5, 0.6) is 0 Å². The fourth-order valence-electron chi connectivity index (χ4n) is 3.13. The summed E-state index contributed by atoms with van der Waals surface area (Å²) in [5.41, 5.74) is 2.05. The van der Waals surface area contributed by atoms with E-state index in [1.165, 1.54) is 0 Å². The van der Waals surface area contributed by atoms with Gasteiger partial charge in [0.2, 0.25) is 0 Å². The topological polar surface area (TPSA) is 105 Å². The molecule has 25 heavy (non-hydrogen) atoms. The fourth-order valence-corrected chi connectivity index (χ4v) is 3.13. The van der Waals surface area contributed by atoms with Crippen molar-refractivity contribution in [2.45, 2.75) is 58.5 Å². The van der Waals surface area contributed by atoms with Crippen molar-refractivity contribution in [2.75, 3.05) is 13.1 Å². The van der Waals surface area contributed by atoms with Crippen LogP contribution in [-0.2, 0) is 13.1 Å². The van der Waals surface area contributed by atoms with Crippen LogP contribution >= 0.6 is 0 Å². The molecule has 9 heteroatoms. The van der Waals surface area contributed by atoms with Crippen LogP contribution in [0.25, 0.3) is 0 Å². The Morgan fingerprint density at radius 3 is 2.88 bits per heavy atom. The number of hydrogen-bond donors (Lipinski definition) is 2. The van der Waals surface area contributed by atoms with Gasteiger partial charge in [0.15, 0.2) is 5.82 Å². The Morgan fingerprint density at radius 2 is 2.20 bits per heavy atom. The molecule has 136 valence electrons. The summed E-state index contributed by atoms with van der Waals surface area (Å²) in [4.78, 5) is 14.2. The number of amides is 2. The number of likely N-dealkylation sites (tertiary alicyclic amines) is 1. The second-order valence-electron chi connectivity index (χ2n) is 6.55. The summed E-state index contributed by atoms with van der Waals surface area (Å²) in [5.74, 6) is 1.03. The molecular formula is C16H26N8O. The molecule has 2 aromatic rings. The van der Waals surface area contributed by atoms with Crippen molar-refractivity contribution in [3.63, 3.8) is 0 Å². The van der Waals surface area contributed by atoms with Crippen LogP contribution in [0.2, 0.25) is 0 Å². The number of nitrogens with zero attached hydrogens (tertiary/aromatic N) is 6. The molecule has 1 fully saturated rings. The number of carbonyl (C=O) groups is 1. The Labute approximate surface area is 147 Å². The van der Waals surface area contributed by atoms with E-state index < -0.39 is 0 Å². The van der Waals surface area contributed by atoms with Gasteiger partial charge in [0.1, 0.15) is 0 Å². The van der Waals surface area contributed by atoms with Crippen molar-refractivity contribution in [3.8, 4) is 0 Å². The van der Waals surface area contributed by atoms with Gasteiger partial charge in [-0.3, -0.25) is 4.68 Å². The highest BCUT2D eigenvalue weighted by Crippen LogP contribution is 2.24. The van der Waals surface area contributed by atoms with Crippen LogP contribution in [0.3, 0.4) is 0 Å². The van der Waals surface area contributed by atoms with Gasteiger partial charge >= 0.3 is 6.03 Å². The molecule has 0 bridgehead atoms. The average Bonchev–Trinajstić information content (AvgIpc) is 3.28. The van der Waals surface area contributed by atoms with E-state index in [9.17, 15) is 4.79 Å². The zero-order chi connectivity index (χ0) is 17.6. The van der Waals surface area contributed by atoms with Crippen molar-refractivity contribution in [3.05, 3.63) is 23.3 Å². The Bertz CT molecular complexity index is 672. The second kappa shape index (κ2) is 8.09. The molecule has 9 nitrogen and oxygen atoms in total. The number of hydrogen-bond acceptors (Lipinski definition) is 5. The van der Waals surface area contributed by atoms with E-state index >= 15 is 0 Å². The van der Waals surface area contributed by atoms with Gasteiger partial charge in [-0.2, -0.15) is 10.3 Å². The molecule has 1 aliphatic heterocycles. The fraction of sp³-hybridized carbons (Fsp3) is 0.688. The van der Waals surface area contributed by atoms with Gasteiger partial charge in [0.25, 0.3) is 0 Å². The zero-order valence-corrected chi connectivity index (χ0v) is 14.9. The predicted molar refractivity (Wildman–Crippen MR) is 91.8 cm³/mol. The van der Waals surface area contributed by atoms with E-state index in [0.717, 1.165) is 49.3 Å². The molecule has 1 aliphatic rings. The van der Waals surface area contributed by atoms with Crippen molar-refractivity contribution >= 4 is 6.03 Å². The zero-order valence-electron chi connectivity index (χ0n) is 14.9. The van der Waals surface area contributed by atoms with E-state index in [4.69, 9.17) is 0 Å². The lowest BCUT2D eigenvalue weighted by atomic mass is 9.96. The van der Waals surface area contributed by atoms with Gasteiger partial charge in [0.05, 0.1) is 5.69 Å². The van der Waals surface area contributed by atoms with E-state index in [1.807, 2.05) is 22.7 Å². The van der Waals surface area contributed by atoms with Crippen LogP contribution in [0.1, 0.15) is 55.6 Å². The number of aromatic amines is 1. The summed E-state index contributed by atoms with van der Waals surface area (Å²) >= 11 is 0. The average molecular weight is 346 g/mol. The lowest BCUT2D eigenvalue weighted by Crippen LogP contribution is -2.44. The van der Waals surface area contributed by atoms with Crippen molar-refractivity contribution in [1.29, 1.82) is 0 Å². The van der Waals surface area contributed by atoms with E-state index in [0.29, 0.717) is 19.6 Å². The Morgan fingerprint density at radius 1 is 1.40 bits per heavy atom. The van der Waals surface area contributed by atoms with Crippen LogP contribution in [0.4, 0.5) is 4.79 Å². The van der Waals surface area contributed by atoms with Gasteiger partial charge in [-0.05, 0) is 26.2 Å². The van der Waals surface area contributed by atoms with Crippen molar-refractivity contribution < 1.29 is 4.79 Å². The second-order valence-corrected chi connectivity index (χ2v) is 6.55. The van der Waals surface area contributed by atoms with E-state index in [2.05, 4.69) is 38.0 Å². The molecule has 0 spiro atoms. The molecule has 2 aromatic heterocycles. The third-order valence-electron chi connectivity index (χ3n) is 4.73. The standard InChI is InChI=1S/C16H26N8O/c1-3-4-7-24-11-14(12(2)20-24)10-17-16(25)23-8-5-13(6-9-23)15-18-21-22-19-15/h11,13H,3-10H2,1-2H3,(H,17,25)(H,18,19,21,22). The molecule has 1 saturated heterocycles.